The van der Waals surface area contributed by atoms with Gasteiger partial charge in [-0.25, -0.2) is 4.98 Å². The van der Waals surface area contributed by atoms with E-state index in [2.05, 4.69) is 10.3 Å². The van der Waals surface area contributed by atoms with Crippen LogP contribution in [0.2, 0.25) is 0 Å². The van der Waals surface area contributed by atoms with Crippen LogP contribution in [0.25, 0.3) is 0 Å². The fourth-order valence-corrected chi connectivity index (χ4v) is 1.70. The van der Waals surface area contributed by atoms with Gasteiger partial charge in [0, 0.05) is 24.1 Å². The van der Waals surface area contributed by atoms with Crippen LogP contribution in [0.4, 0.5) is 0 Å². The molecule has 0 atom stereocenters. The number of aliphatic hydroxyl groups is 1. The molecule has 0 bridgehead atoms. The smallest absolute Gasteiger partial charge is 0.220 e. The van der Waals surface area contributed by atoms with Crippen LogP contribution in [0.1, 0.15) is 23.5 Å². The topological polar surface area (TPSA) is 62.2 Å². The number of thiazole rings is 1. The summed E-state index contributed by atoms with van der Waals surface area (Å²) in [5, 5.41) is 14.1. The Morgan fingerprint density at radius 2 is 2.50 bits per heavy atom. The van der Waals surface area contributed by atoms with Crippen molar-refractivity contribution < 1.29 is 9.90 Å². The van der Waals surface area contributed by atoms with E-state index in [0.717, 1.165) is 10.7 Å². The van der Waals surface area contributed by atoms with E-state index in [1.165, 1.54) is 0 Å². The van der Waals surface area contributed by atoms with Gasteiger partial charge in [0.25, 0.3) is 0 Å². The number of aliphatic hydroxyl groups excluding tert-OH is 1. The molecule has 1 aromatic rings. The molecule has 0 aliphatic rings. The normalized spacial score (nSPS) is 10.1. The molecule has 4 nitrogen and oxygen atoms in total. The summed E-state index contributed by atoms with van der Waals surface area (Å²) in [6.07, 6.45) is 0.892. The van der Waals surface area contributed by atoms with Crippen molar-refractivity contribution in [3.05, 3.63) is 16.1 Å². The maximum Gasteiger partial charge on any atom is 0.220 e. The van der Waals surface area contributed by atoms with Gasteiger partial charge >= 0.3 is 0 Å². The second-order valence-electron chi connectivity index (χ2n) is 2.99. The van der Waals surface area contributed by atoms with Gasteiger partial charge in [0.15, 0.2) is 0 Å². The molecule has 0 saturated carbocycles. The van der Waals surface area contributed by atoms with Gasteiger partial charge in [0.2, 0.25) is 5.91 Å². The Labute approximate surface area is 87.0 Å². The highest BCUT2D eigenvalue weighted by atomic mass is 32.1. The second-order valence-corrected chi connectivity index (χ2v) is 3.93. The monoisotopic (exact) mass is 214 g/mol. The molecular weight excluding hydrogens is 200 g/mol. The van der Waals surface area contributed by atoms with Crippen LogP contribution in [0.15, 0.2) is 5.38 Å². The number of rotatable bonds is 5. The molecule has 5 heteroatoms. The van der Waals surface area contributed by atoms with Crippen LogP contribution in [-0.2, 0) is 11.3 Å². The van der Waals surface area contributed by atoms with Crippen LogP contribution in [-0.4, -0.2) is 22.6 Å². The van der Waals surface area contributed by atoms with Crippen LogP contribution in [0, 0.1) is 6.92 Å². The average molecular weight is 214 g/mol. The number of aromatic nitrogens is 1. The molecule has 0 unspecified atom stereocenters. The highest BCUT2D eigenvalue weighted by Crippen LogP contribution is 2.07. The molecule has 78 valence electrons. The number of carbonyl (C=O) groups excluding carboxylic acids is 1. The zero-order valence-electron chi connectivity index (χ0n) is 8.12. The van der Waals surface area contributed by atoms with Crippen LogP contribution < -0.4 is 5.32 Å². The molecule has 0 fully saturated rings. The summed E-state index contributed by atoms with van der Waals surface area (Å²) < 4.78 is 0. The summed E-state index contributed by atoms with van der Waals surface area (Å²) in [5.74, 6) is -0.0353. The molecule has 0 saturated heterocycles. The van der Waals surface area contributed by atoms with Crippen molar-refractivity contribution in [2.75, 3.05) is 6.61 Å². The van der Waals surface area contributed by atoms with Gasteiger partial charge in [0.1, 0.15) is 5.01 Å². The molecule has 0 radical (unpaired) electrons. The molecule has 1 aromatic heterocycles. The lowest BCUT2D eigenvalue weighted by atomic mass is 10.3. The Hall–Kier alpha value is -0.940. The van der Waals surface area contributed by atoms with E-state index in [1.54, 1.807) is 11.3 Å². The quantitative estimate of drug-likeness (QED) is 0.763. The Kier molecular flexibility index (Phi) is 4.55. The maximum absolute atomic E-state index is 11.1. The molecule has 0 aromatic carbocycles. The first-order chi connectivity index (χ1) is 6.72. The fraction of sp³-hybridized carbons (Fsp3) is 0.556. The van der Waals surface area contributed by atoms with E-state index < -0.39 is 0 Å². The molecule has 2 N–H and O–H groups in total. The van der Waals surface area contributed by atoms with E-state index >= 15 is 0 Å². The lowest BCUT2D eigenvalue weighted by Gasteiger charge is -2.01. The van der Waals surface area contributed by atoms with Gasteiger partial charge in [0.05, 0.1) is 6.54 Å². The highest BCUT2D eigenvalue weighted by Gasteiger charge is 2.02. The summed E-state index contributed by atoms with van der Waals surface area (Å²) in [5.41, 5.74) is 0.981. The summed E-state index contributed by atoms with van der Waals surface area (Å²) in [4.78, 5) is 15.4. The first-order valence-corrected chi connectivity index (χ1v) is 5.39. The summed E-state index contributed by atoms with van der Waals surface area (Å²) in [7, 11) is 0. The van der Waals surface area contributed by atoms with Crippen molar-refractivity contribution in [1.82, 2.24) is 10.3 Å². The van der Waals surface area contributed by atoms with E-state index in [9.17, 15) is 4.79 Å². The number of amides is 1. The fourth-order valence-electron chi connectivity index (χ4n) is 0.986. The third-order valence-corrected chi connectivity index (χ3v) is 2.63. The molecule has 1 rings (SSSR count). The third-order valence-electron chi connectivity index (χ3n) is 1.67. The maximum atomic E-state index is 11.1. The van der Waals surface area contributed by atoms with E-state index in [4.69, 9.17) is 5.11 Å². The first kappa shape index (κ1) is 11.1. The molecule has 0 spiro atoms. The summed E-state index contributed by atoms with van der Waals surface area (Å²) >= 11 is 1.54. The van der Waals surface area contributed by atoms with Crippen LogP contribution >= 0.6 is 11.3 Å². The number of carbonyl (C=O) groups is 1. The average Bonchev–Trinajstić information content (AvgIpc) is 2.58. The molecule has 14 heavy (non-hydrogen) atoms. The Morgan fingerprint density at radius 1 is 1.71 bits per heavy atom. The highest BCUT2D eigenvalue weighted by molar-refractivity contribution is 7.09. The third kappa shape index (κ3) is 3.85. The Morgan fingerprint density at radius 3 is 3.07 bits per heavy atom. The molecule has 1 heterocycles. The number of hydrogen-bond donors (Lipinski definition) is 2. The number of nitrogens with one attached hydrogen (secondary N) is 1. The van der Waals surface area contributed by atoms with Crippen molar-refractivity contribution in [2.24, 2.45) is 0 Å². The van der Waals surface area contributed by atoms with Gasteiger partial charge in [-0.15, -0.1) is 11.3 Å². The standard InChI is InChI=1S/C9H14N2O2S/c1-7-6-14-9(11-7)5-10-8(13)3-2-4-12/h6,12H,2-5H2,1H3,(H,10,13). The largest absolute Gasteiger partial charge is 0.396 e. The second kappa shape index (κ2) is 5.72. The Bertz CT molecular complexity index is 299. The molecular formula is C9H14N2O2S. The number of hydrogen-bond acceptors (Lipinski definition) is 4. The van der Waals surface area contributed by atoms with Crippen molar-refractivity contribution in [3.63, 3.8) is 0 Å². The van der Waals surface area contributed by atoms with E-state index in [1.807, 2.05) is 12.3 Å². The Balaban J connectivity index is 2.23. The molecule has 0 aliphatic carbocycles. The zero-order chi connectivity index (χ0) is 10.4. The summed E-state index contributed by atoms with van der Waals surface area (Å²) in [6, 6.07) is 0. The first-order valence-electron chi connectivity index (χ1n) is 4.51. The van der Waals surface area contributed by atoms with Gasteiger partial charge in [-0.3, -0.25) is 4.79 Å². The number of aryl methyl sites for hydroxylation is 1. The molecule has 0 aliphatic heterocycles. The van der Waals surface area contributed by atoms with Crippen molar-refractivity contribution in [3.8, 4) is 0 Å². The van der Waals surface area contributed by atoms with E-state index in [0.29, 0.717) is 19.4 Å². The SMILES string of the molecule is Cc1csc(CNC(=O)CCCO)n1. The lowest BCUT2D eigenvalue weighted by Crippen LogP contribution is -2.22. The van der Waals surface area contributed by atoms with Crippen LogP contribution in [0.3, 0.4) is 0 Å². The predicted molar refractivity (Wildman–Crippen MR) is 55.0 cm³/mol. The van der Waals surface area contributed by atoms with Gasteiger partial charge in [-0.05, 0) is 13.3 Å². The minimum Gasteiger partial charge on any atom is -0.396 e. The number of nitrogens with zero attached hydrogens (tertiary/aromatic N) is 1. The predicted octanol–water partition coefficient (Wildman–Crippen LogP) is 0.840. The van der Waals surface area contributed by atoms with Gasteiger partial charge in [-0.1, -0.05) is 0 Å². The minimum atomic E-state index is -0.0353. The minimum absolute atomic E-state index is 0.0353. The van der Waals surface area contributed by atoms with Crippen LogP contribution in [0.5, 0.6) is 0 Å². The van der Waals surface area contributed by atoms with Gasteiger partial charge in [-0.2, -0.15) is 0 Å². The van der Waals surface area contributed by atoms with Crippen molar-refractivity contribution in [2.45, 2.75) is 26.3 Å². The van der Waals surface area contributed by atoms with Gasteiger partial charge < -0.3 is 10.4 Å². The summed E-state index contributed by atoms with van der Waals surface area (Å²) in [6.45, 7) is 2.47. The van der Waals surface area contributed by atoms with Crippen molar-refractivity contribution >= 4 is 17.2 Å². The van der Waals surface area contributed by atoms with E-state index in [-0.39, 0.29) is 12.5 Å². The zero-order valence-corrected chi connectivity index (χ0v) is 8.93. The lowest BCUT2D eigenvalue weighted by molar-refractivity contribution is -0.121. The molecule has 1 amide bonds. The van der Waals surface area contributed by atoms with Crippen molar-refractivity contribution in [1.29, 1.82) is 0 Å².